The molecule has 3 rings (SSSR count). The Kier molecular flexibility index (Phi) is 3.29. The fraction of sp³-hybridized carbons (Fsp3) is 0.500. The zero-order chi connectivity index (χ0) is 13.2. The number of likely N-dealkylation sites (N-methyl/N-ethyl adjacent to an activating group) is 1. The average Bonchev–Trinajstić information content (AvgIpc) is 2.47. The third-order valence-corrected chi connectivity index (χ3v) is 3.62. The molecule has 0 saturated carbocycles. The molecule has 19 heavy (non-hydrogen) atoms. The van der Waals surface area contributed by atoms with Crippen LogP contribution in [0.2, 0.25) is 0 Å². The van der Waals surface area contributed by atoms with Gasteiger partial charge in [0.15, 0.2) is 11.5 Å². The SMILES string of the molecule is CNC1CCCN(c2ccc3c(c2)OCCO3)C1=O. The molecule has 2 heterocycles. The maximum Gasteiger partial charge on any atom is 0.244 e. The fourth-order valence-electron chi connectivity index (χ4n) is 2.60. The number of hydrogen-bond acceptors (Lipinski definition) is 4. The molecule has 1 atom stereocenters. The Bertz CT molecular complexity index is 490. The number of rotatable bonds is 2. The van der Waals surface area contributed by atoms with Gasteiger partial charge in [0.2, 0.25) is 5.91 Å². The first kappa shape index (κ1) is 12.3. The molecule has 102 valence electrons. The lowest BCUT2D eigenvalue weighted by atomic mass is 10.0. The van der Waals surface area contributed by atoms with Gasteiger partial charge in [-0.3, -0.25) is 4.79 Å². The van der Waals surface area contributed by atoms with Gasteiger partial charge in [0.25, 0.3) is 0 Å². The molecule has 0 aliphatic carbocycles. The van der Waals surface area contributed by atoms with Crippen LogP contribution < -0.4 is 19.7 Å². The molecule has 0 radical (unpaired) electrons. The highest BCUT2D eigenvalue weighted by Gasteiger charge is 2.29. The Morgan fingerprint density at radius 2 is 2.05 bits per heavy atom. The number of benzene rings is 1. The molecule has 1 amide bonds. The smallest absolute Gasteiger partial charge is 0.244 e. The van der Waals surface area contributed by atoms with Gasteiger partial charge in [-0.05, 0) is 32.0 Å². The highest BCUT2D eigenvalue weighted by molar-refractivity contribution is 5.98. The predicted octanol–water partition coefficient (Wildman–Crippen LogP) is 1.17. The molecule has 1 saturated heterocycles. The van der Waals surface area contributed by atoms with Gasteiger partial charge in [-0.15, -0.1) is 0 Å². The number of piperidine rings is 1. The van der Waals surface area contributed by atoms with Crippen LogP contribution in [0.15, 0.2) is 18.2 Å². The lowest BCUT2D eigenvalue weighted by Crippen LogP contribution is -2.49. The number of fused-ring (bicyclic) bond motifs is 1. The van der Waals surface area contributed by atoms with Crippen LogP contribution in [-0.4, -0.2) is 38.8 Å². The van der Waals surface area contributed by atoms with Crippen LogP contribution in [0.25, 0.3) is 0 Å². The first-order valence-corrected chi connectivity index (χ1v) is 6.68. The second-order valence-corrected chi connectivity index (χ2v) is 4.80. The largest absolute Gasteiger partial charge is 0.486 e. The number of nitrogens with one attached hydrogen (secondary N) is 1. The second kappa shape index (κ2) is 5.09. The van der Waals surface area contributed by atoms with Crippen molar-refractivity contribution >= 4 is 11.6 Å². The van der Waals surface area contributed by atoms with Crippen LogP contribution in [0.5, 0.6) is 11.5 Å². The van der Waals surface area contributed by atoms with Crippen molar-refractivity contribution in [3.05, 3.63) is 18.2 Å². The normalized spacial score (nSPS) is 22.5. The standard InChI is InChI=1S/C14H18N2O3/c1-15-11-3-2-6-16(14(11)17)10-4-5-12-13(9-10)19-8-7-18-12/h4-5,9,11,15H,2-3,6-8H2,1H3. The summed E-state index contributed by atoms with van der Waals surface area (Å²) in [7, 11) is 1.83. The molecule has 0 aromatic heterocycles. The Morgan fingerprint density at radius 1 is 1.26 bits per heavy atom. The number of carbonyl (C=O) groups is 1. The number of hydrogen-bond donors (Lipinski definition) is 1. The average molecular weight is 262 g/mol. The topological polar surface area (TPSA) is 50.8 Å². The Morgan fingerprint density at radius 3 is 2.84 bits per heavy atom. The van der Waals surface area contributed by atoms with E-state index in [1.165, 1.54) is 0 Å². The van der Waals surface area contributed by atoms with Gasteiger partial charge in [-0.25, -0.2) is 0 Å². The molecular weight excluding hydrogens is 244 g/mol. The molecule has 1 unspecified atom stereocenters. The molecule has 5 nitrogen and oxygen atoms in total. The van der Waals surface area contributed by atoms with E-state index in [0.717, 1.165) is 36.6 Å². The fourth-order valence-corrected chi connectivity index (χ4v) is 2.60. The minimum atomic E-state index is -0.0815. The lowest BCUT2D eigenvalue weighted by molar-refractivity contribution is -0.121. The molecule has 1 aromatic carbocycles. The molecule has 5 heteroatoms. The Labute approximate surface area is 112 Å². The summed E-state index contributed by atoms with van der Waals surface area (Å²) in [4.78, 5) is 14.1. The van der Waals surface area contributed by atoms with E-state index < -0.39 is 0 Å². The molecule has 1 aromatic rings. The van der Waals surface area contributed by atoms with E-state index in [4.69, 9.17) is 9.47 Å². The highest BCUT2D eigenvalue weighted by Crippen LogP contribution is 2.34. The third kappa shape index (κ3) is 2.26. The van der Waals surface area contributed by atoms with Gasteiger partial charge in [0.1, 0.15) is 13.2 Å². The summed E-state index contributed by atoms with van der Waals surface area (Å²) < 4.78 is 11.1. The third-order valence-electron chi connectivity index (χ3n) is 3.62. The molecule has 2 aliphatic rings. The number of nitrogens with zero attached hydrogens (tertiary/aromatic N) is 1. The van der Waals surface area contributed by atoms with Gasteiger partial charge in [-0.2, -0.15) is 0 Å². The lowest BCUT2D eigenvalue weighted by Gasteiger charge is -2.32. The summed E-state index contributed by atoms with van der Waals surface area (Å²) in [5, 5.41) is 3.07. The summed E-state index contributed by atoms with van der Waals surface area (Å²) in [6, 6.07) is 5.61. The first-order chi connectivity index (χ1) is 9.29. The summed E-state index contributed by atoms with van der Waals surface area (Å²) in [5.41, 5.74) is 0.884. The molecule has 1 N–H and O–H groups in total. The van der Waals surface area contributed by atoms with Gasteiger partial charge in [0, 0.05) is 18.3 Å². The van der Waals surface area contributed by atoms with E-state index >= 15 is 0 Å². The zero-order valence-electron chi connectivity index (χ0n) is 11.0. The maximum absolute atomic E-state index is 12.3. The quantitative estimate of drug-likeness (QED) is 0.869. The Balaban J connectivity index is 1.87. The summed E-state index contributed by atoms with van der Waals surface area (Å²) in [6.45, 7) is 1.90. The summed E-state index contributed by atoms with van der Waals surface area (Å²) >= 11 is 0. The van der Waals surface area contributed by atoms with Crippen molar-refractivity contribution in [2.24, 2.45) is 0 Å². The molecule has 0 spiro atoms. The van der Waals surface area contributed by atoms with Crippen LogP contribution in [0.3, 0.4) is 0 Å². The van der Waals surface area contributed by atoms with E-state index in [0.29, 0.717) is 13.2 Å². The van der Waals surface area contributed by atoms with E-state index in [1.807, 2.05) is 30.1 Å². The van der Waals surface area contributed by atoms with Crippen molar-refractivity contribution in [2.45, 2.75) is 18.9 Å². The summed E-state index contributed by atoms with van der Waals surface area (Å²) in [5.74, 6) is 1.61. The van der Waals surface area contributed by atoms with Crippen molar-refractivity contribution < 1.29 is 14.3 Å². The van der Waals surface area contributed by atoms with Crippen molar-refractivity contribution in [3.63, 3.8) is 0 Å². The number of ether oxygens (including phenoxy) is 2. The number of carbonyl (C=O) groups excluding carboxylic acids is 1. The van der Waals surface area contributed by atoms with Gasteiger partial charge in [-0.1, -0.05) is 0 Å². The minimum Gasteiger partial charge on any atom is -0.486 e. The van der Waals surface area contributed by atoms with Crippen molar-refractivity contribution in [1.29, 1.82) is 0 Å². The molecule has 2 aliphatic heterocycles. The van der Waals surface area contributed by atoms with Gasteiger partial charge in [0.05, 0.1) is 6.04 Å². The van der Waals surface area contributed by atoms with E-state index in [9.17, 15) is 4.79 Å². The minimum absolute atomic E-state index is 0.0815. The van der Waals surface area contributed by atoms with Crippen molar-refractivity contribution in [3.8, 4) is 11.5 Å². The van der Waals surface area contributed by atoms with Gasteiger partial charge >= 0.3 is 0 Å². The molecular formula is C14H18N2O3. The van der Waals surface area contributed by atoms with Crippen LogP contribution in [0.1, 0.15) is 12.8 Å². The van der Waals surface area contributed by atoms with Crippen LogP contribution >= 0.6 is 0 Å². The molecule has 0 bridgehead atoms. The van der Waals surface area contributed by atoms with Crippen molar-refractivity contribution in [2.75, 3.05) is 31.7 Å². The number of anilines is 1. The Hall–Kier alpha value is -1.75. The van der Waals surface area contributed by atoms with E-state index in [2.05, 4.69) is 5.32 Å². The van der Waals surface area contributed by atoms with E-state index in [1.54, 1.807) is 0 Å². The van der Waals surface area contributed by atoms with Crippen LogP contribution in [0, 0.1) is 0 Å². The maximum atomic E-state index is 12.3. The first-order valence-electron chi connectivity index (χ1n) is 6.68. The number of amides is 1. The van der Waals surface area contributed by atoms with Gasteiger partial charge < -0.3 is 19.7 Å². The highest BCUT2D eigenvalue weighted by atomic mass is 16.6. The van der Waals surface area contributed by atoms with Crippen LogP contribution in [0.4, 0.5) is 5.69 Å². The monoisotopic (exact) mass is 262 g/mol. The van der Waals surface area contributed by atoms with Crippen LogP contribution in [-0.2, 0) is 4.79 Å². The second-order valence-electron chi connectivity index (χ2n) is 4.80. The summed E-state index contributed by atoms with van der Waals surface area (Å²) in [6.07, 6.45) is 1.90. The van der Waals surface area contributed by atoms with Crippen molar-refractivity contribution in [1.82, 2.24) is 5.32 Å². The predicted molar refractivity (Wildman–Crippen MR) is 71.9 cm³/mol. The van der Waals surface area contributed by atoms with E-state index in [-0.39, 0.29) is 11.9 Å². The zero-order valence-corrected chi connectivity index (χ0v) is 11.0. The molecule has 1 fully saturated rings.